The standard InChI is InChI=1S/C14H18N4O6S/c1-3-22-13(20)9-4-15-14(21)17-10(9)5-23-12(19)7-25-6-11-16-8(2)24-18-11/h3-7H2,1-2H3,(H2,15,17,21). The normalized spacial score (nSPS) is 13.9. The number of carbonyl (C=O) groups is 3. The van der Waals surface area contributed by atoms with E-state index >= 15 is 0 Å². The predicted molar refractivity (Wildman–Crippen MR) is 86.3 cm³/mol. The third kappa shape index (κ3) is 5.78. The third-order valence-electron chi connectivity index (χ3n) is 2.97. The number of rotatable bonds is 8. The molecule has 0 radical (unpaired) electrons. The monoisotopic (exact) mass is 370 g/mol. The zero-order valence-corrected chi connectivity index (χ0v) is 14.6. The number of nitrogens with one attached hydrogen (secondary N) is 2. The quantitative estimate of drug-likeness (QED) is 0.619. The highest BCUT2D eigenvalue weighted by Crippen LogP contribution is 2.11. The largest absolute Gasteiger partial charge is 0.463 e. The van der Waals surface area contributed by atoms with Gasteiger partial charge in [-0.25, -0.2) is 9.59 Å². The fraction of sp³-hybridized carbons (Fsp3) is 0.500. The minimum Gasteiger partial charge on any atom is -0.463 e. The van der Waals surface area contributed by atoms with E-state index in [1.165, 1.54) is 11.8 Å². The van der Waals surface area contributed by atoms with Crippen LogP contribution < -0.4 is 10.6 Å². The molecule has 11 heteroatoms. The van der Waals surface area contributed by atoms with Crippen LogP contribution in [0.25, 0.3) is 0 Å². The molecule has 2 N–H and O–H groups in total. The maximum atomic E-state index is 11.9. The van der Waals surface area contributed by atoms with Gasteiger partial charge in [0.25, 0.3) is 0 Å². The molecule has 0 unspecified atom stereocenters. The van der Waals surface area contributed by atoms with Crippen LogP contribution in [0.2, 0.25) is 0 Å². The fourth-order valence-electron chi connectivity index (χ4n) is 1.89. The maximum Gasteiger partial charge on any atom is 0.337 e. The van der Waals surface area contributed by atoms with Crippen molar-refractivity contribution in [1.29, 1.82) is 0 Å². The van der Waals surface area contributed by atoms with E-state index in [9.17, 15) is 14.4 Å². The molecule has 25 heavy (non-hydrogen) atoms. The molecule has 1 aromatic rings. The summed E-state index contributed by atoms with van der Waals surface area (Å²) in [7, 11) is 0. The van der Waals surface area contributed by atoms with Crippen LogP contribution >= 0.6 is 11.8 Å². The van der Waals surface area contributed by atoms with Crippen molar-refractivity contribution in [3.05, 3.63) is 23.0 Å². The zero-order chi connectivity index (χ0) is 18.2. The number of hydrogen-bond acceptors (Lipinski definition) is 9. The van der Waals surface area contributed by atoms with E-state index in [1.807, 2.05) is 0 Å². The predicted octanol–water partition coefficient (Wildman–Crippen LogP) is 0.284. The number of amides is 2. The number of nitrogens with zero attached hydrogens (tertiary/aromatic N) is 2. The maximum absolute atomic E-state index is 11.9. The number of ether oxygens (including phenoxy) is 2. The van der Waals surface area contributed by atoms with Crippen LogP contribution in [0.1, 0.15) is 18.6 Å². The van der Waals surface area contributed by atoms with Crippen molar-refractivity contribution in [2.45, 2.75) is 19.6 Å². The Morgan fingerprint density at radius 3 is 2.84 bits per heavy atom. The molecule has 0 aromatic carbocycles. The lowest BCUT2D eigenvalue weighted by molar-refractivity contribution is -0.141. The molecule has 0 saturated heterocycles. The summed E-state index contributed by atoms with van der Waals surface area (Å²) in [6.07, 6.45) is 0. The van der Waals surface area contributed by atoms with Crippen LogP contribution in [0.15, 0.2) is 15.8 Å². The van der Waals surface area contributed by atoms with E-state index in [0.717, 1.165) is 0 Å². The Kier molecular flexibility index (Phi) is 6.81. The average Bonchev–Trinajstić information content (AvgIpc) is 2.98. The Hall–Kier alpha value is -2.56. The van der Waals surface area contributed by atoms with Gasteiger partial charge in [-0.15, -0.1) is 11.8 Å². The number of esters is 2. The summed E-state index contributed by atoms with van der Waals surface area (Å²) in [6.45, 7) is 3.36. The van der Waals surface area contributed by atoms with Gasteiger partial charge in [0.05, 0.1) is 35.9 Å². The minimum atomic E-state index is -0.567. The average molecular weight is 370 g/mol. The number of urea groups is 1. The first-order valence-corrected chi connectivity index (χ1v) is 8.61. The summed E-state index contributed by atoms with van der Waals surface area (Å²) in [6, 6.07) is -0.471. The zero-order valence-electron chi connectivity index (χ0n) is 13.8. The Bertz CT molecular complexity index is 687. The van der Waals surface area contributed by atoms with Crippen molar-refractivity contribution in [2.24, 2.45) is 0 Å². The fourth-order valence-corrected chi connectivity index (χ4v) is 2.54. The van der Waals surface area contributed by atoms with Crippen LogP contribution in [0, 0.1) is 6.92 Å². The van der Waals surface area contributed by atoms with Crippen molar-refractivity contribution in [2.75, 3.05) is 25.5 Å². The molecular formula is C14H18N4O6S. The van der Waals surface area contributed by atoms with Crippen LogP contribution in [-0.4, -0.2) is 53.6 Å². The summed E-state index contributed by atoms with van der Waals surface area (Å²) in [5, 5.41) is 8.64. The first-order valence-electron chi connectivity index (χ1n) is 7.46. The topological polar surface area (TPSA) is 133 Å². The van der Waals surface area contributed by atoms with Gasteiger partial charge in [0.2, 0.25) is 5.89 Å². The second kappa shape index (κ2) is 9.06. The van der Waals surface area contributed by atoms with E-state index in [1.54, 1.807) is 13.8 Å². The molecule has 2 amide bonds. The van der Waals surface area contributed by atoms with Gasteiger partial charge in [0, 0.05) is 6.92 Å². The van der Waals surface area contributed by atoms with Gasteiger partial charge in [0.15, 0.2) is 5.82 Å². The van der Waals surface area contributed by atoms with E-state index in [-0.39, 0.29) is 36.8 Å². The van der Waals surface area contributed by atoms with Crippen LogP contribution in [0.3, 0.4) is 0 Å². The number of carbonyl (C=O) groups excluding carboxylic acids is 3. The van der Waals surface area contributed by atoms with Crippen molar-refractivity contribution >= 4 is 29.7 Å². The highest BCUT2D eigenvalue weighted by Gasteiger charge is 2.24. The van der Waals surface area contributed by atoms with Crippen molar-refractivity contribution in [1.82, 2.24) is 20.8 Å². The molecule has 0 aliphatic carbocycles. The van der Waals surface area contributed by atoms with Crippen molar-refractivity contribution in [3.8, 4) is 0 Å². The molecule has 1 aliphatic heterocycles. The molecule has 0 bridgehead atoms. The number of aryl methyl sites for hydroxylation is 1. The van der Waals surface area contributed by atoms with E-state index in [0.29, 0.717) is 17.5 Å². The Balaban J connectivity index is 1.83. The van der Waals surface area contributed by atoms with Gasteiger partial charge in [-0.3, -0.25) is 4.79 Å². The molecule has 2 rings (SSSR count). The molecule has 0 fully saturated rings. The molecule has 0 atom stereocenters. The smallest absolute Gasteiger partial charge is 0.337 e. The van der Waals surface area contributed by atoms with Gasteiger partial charge >= 0.3 is 18.0 Å². The first-order chi connectivity index (χ1) is 12.0. The second-order valence-electron chi connectivity index (χ2n) is 4.87. The summed E-state index contributed by atoms with van der Waals surface area (Å²) in [5.74, 6) is 0.370. The molecule has 1 aliphatic rings. The Morgan fingerprint density at radius 1 is 1.36 bits per heavy atom. The van der Waals surface area contributed by atoms with Gasteiger partial charge < -0.3 is 24.6 Å². The van der Waals surface area contributed by atoms with Crippen LogP contribution in [0.5, 0.6) is 0 Å². The van der Waals surface area contributed by atoms with E-state index < -0.39 is 18.0 Å². The summed E-state index contributed by atoms with van der Waals surface area (Å²) >= 11 is 1.26. The van der Waals surface area contributed by atoms with Gasteiger partial charge in [-0.2, -0.15) is 4.98 Å². The van der Waals surface area contributed by atoms with Crippen molar-refractivity contribution < 1.29 is 28.4 Å². The molecule has 0 spiro atoms. The lowest BCUT2D eigenvalue weighted by atomic mass is 10.2. The first kappa shape index (κ1) is 18.8. The highest BCUT2D eigenvalue weighted by molar-refractivity contribution is 7.99. The lowest BCUT2D eigenvalue weighted by Gasteiger charge is -2.21. The van der Waals surface area contributed by atoms with E-state index in [2.05, 4.69) is 20.8 Å². The number of aromatic nitrogens is 2. The third-order valence-corrected chi connectivity index (χ3v) is 3.88. The van der Waals surface area contributed by atoms with Crippen LogP contribution in [0.4, 0.5) is 4.79 Å². The Labute approximate surface area is 147 Å². The molecule has 0 saturated carbocycles. The van der Waals surface area contributed by atoms with Crippen LogP contribution in [-0.2, 0) is 24.8 Å². The number of hydrogen-bond donors (Lipinski definition) is 2. The molecule has 1 aromatic heterocycles. The second-order valence-corrected chi connectivity index (χ2v) is 5.85. The lowest BCUT2D eigenvalue weighted by Crippen LogP contribution is -2.45. The molecule has 10 nitrogen and oxygen atoms in total. The number of thioether (sulfide) groups is 1. The van der Waals surface area contributed by atoms with Gasteiger partial charge in [0.1, 0.15) is 6.61 Å². The summed E-state index contributed by atoms with van der Waals surface area (Å²) in [5.41, 5.74) is 0.443. The molecular weight excluding hydrogens is 352 g/mol. The minimum absolute atomic E-state index is 0.0173. The Morgan fingerprint density at radius 2 is 2.16 bits per heavy atom. The molecule has 136 valence electrons. The van der Waals surface area contributed by atoms with Gasteiger partial charge in [-0.05, 0) is 6.92 Å². The molecule has 2 heterocycles. The highest BCUT2D eigenvalue weighted by atomic mass is 32.2. The summed E-state index contributed by atoms with van der Waals surface area (Å²) < 4.78 is 14.8. The van der Waals surface area contributed by atoms with Gasteiger partial charge in [-0.1, -0.05) is 5.16 Å². The SMILES string of the molecule is CCOC(=O)C1=C(COC(=O)CSCc2noc(C)n2)NC(=O)NC1. The van der Waals surface area contributed by atoms with Crippen molar-refractivity contribution in [3.63, 3.8) is 0 Å². The summed E-state index contributed by atoms with van der Waals surface area (Å²) in [4.78, 5) is 39.1. The van der Waals surface area contributed by atoms with E-state index in [4.69, 9.17) is 14.0 Å².